The third-order valence-electron chi connectivity index (χ3n) is 1.36. The zero-order valence-electron chi connectivity index (χ0n) is 6.83. The Bertz CT molecular complexity index is 287. The van der Waals surface area contributed by atoms with Crippen LogP contribution in [0.5, 0.6) is 0 Å². The van der Waals surface area contributed by atoms with Crippen LogP contribution in [0.3, 0.4) is 0 Å². The molecule has 0 unspecified atom stereocenters. The predicted molar refractivity (Wildman–Crippen MR) is 49.6 cm³/mol. The summed E-state index contributed by atoms with van der Waals surface area (Å²) in [5.41, 5.74) is 1.09. The molecule has 0 amide bonds. The fourth-order valence-corrected chi connectivity index (χ4v) is 0.892. The molecule has 0 aromatic carbocycles. The predicted octanol–water partition coefficient (Wildman–Crippen LogP) is 2.84. The van der Waals surface area contributed by atoms with Gasteiger partial charge in [0.1, 0.15) is 0 Å². The van der Waals surface area contributed by atoms with Crippen LogP contribution in [0.1, 0.15) is 15.3 Å². The number of aromatic nitrogens is 2. The highest BCUT2D eigenvalue weighted by molar-refractivity contribution is 5.77. The molecule has 1 N–H and O–H groups in total. The van der Waals surface area contributed by atoms with Gasteiger partial charge in [-0.15, -0.1) is 0 Å². The lowest BCUT2D eigenvalue weighted by atomic mass is 10.3. The Kier molecular flexibility index (Phi) is 2.66. The van der Waals surface area contributed by atoms with Crippen molar-refractivity contribution in [2.45, 2.75) is 13.8 Å². The van der Waals surface area contributed by atoms with E-state index in [4.69, 9.17) is 0 Å². The van der Waals surface area contributed by atoms with Crippen molar-refractivity contribution in [1.82, 2.24) is 9.97 Å². The lowest BCUT2D eigenvalue weighted by molar-refractivity contribution is 1.34. The number of fused-ring (bicyclic) bond motifs is 1. The quantitative estimate of drug-likeness (QED) is 0.614. The molecule has 0 radical (unpaired) electrons. The van der Waals surface area contributed by atoms with Crippen LogP contribution in [-0.4, -0.2) is 9.97 Å². The molecule has 2 aromatic heterocycles. The summed E-state index contributed by atoms with van der Waals surface area (Å²) in [6.07, 6.45) is 5.51. The van der Waals surface area contributed by atoms with Gasteiger partial charge >= 0.3 is 0 Å². The highest BCUT2D eigenvalue weighted by Gasteiger charge is 1.87. The molecule has 0 saturated heterocycles. The number of nitrogens with one attached hydrogen (secondary N) is 1. The normalized spacial score (nSPS) is 8.91. The standard InChI is InChI=1S/C7H6N2.C2H6.H2/c1-3-8-5-7-6(1)2-4-9-7;1-2;/h1-5,9H;1-2H3;1H. The largest absolute Gasteiger partial charge is 0.360 e. The molecule has 0 aliphatic rings. The van der Waals surface area contributed by atoms with Gasteiger partial charge in [0.15, 0.2) is 0 Å². The molecular weight excluding hydrogens is 136 g/mol. The van der Waals surface area contributed by atoms with E-state index in [9.17, 15) is 0 Å². The number of rotatable bonds is 0. The van der Waals surface area contributed by atoms with E-state index in [2.05, 4.69) is 9.97 Å². The average molecular weight is 150 g/mol. The van der Waals surface area contributed by atoms with Gasteiger partial charge in [-0.25, -0.2) is 0 Å². The van der Waals surface area contributed by atoms with E-state index in [0.717, 1.165) is 5.52 Å². The molecule has 0 atom stereocenters. The van der Waals surface area contributed by atoms with Gasteiger partial charge in [-0.1, -0.05) is 13.8 Å². The maximum Gasteiger partial charge on any atom is 0.0640 e. The van der Waals surface area contributed by atoms with Crippen LogP contribution in [0.15, 0.2) is 30.7 Å². The minimum absolute atomic E-state index is 0. The topological polar surface area (TPSA) is 28.7 Å². The molecule has 60 valence electrons. The SMILES string of the molecule is CC.[HH].c1cc2cc[nH]c2cn1. The maximum absolute atomic E-state index is 3.95. The summed E-state index contributed by atoms with van der Waals surface area (Å²) in [7, 11) is 0. The number of nitrogens with zero attached hydrogens (tertiary/aromatic N) is 1. The van der Waals surface area contributed by atoms with Crippen molar-refractivity contribution in [2.75, 3.05) is 0 Å². The molecule has 2 heteroatoms. The van der Waals surface area contributed by atoms with Crippen molar-refractivity contribution in [2.24, 2.45) is 0 Å². The molecule has 0 bridgehead atoms. The number of aromatic amines is 1. The van der Waals surface area contributed by atoms with Gasteiger partial charge in [-0.3, -0.25) is 4.98 Å². The lowest BCUT2D eigenvalue weighted by Crippen LogP contribution is -1.68. The molecule has 0 spiro atoms. The van der Waals surface area contributed by atoms with Gasteiger partial charge in [0.25, 0.3) is 0 Å². The molecule has 0 saturated carbocycles. The van der Waals surface area contributed by atoms with Crippen LogP contribution in [0.4, 0.5) is 0 Å². The summed E-state index contributed by atoms with van der Waals surface area (Å²) >= 11 is 0. The Morgan fingerprint density at radius 3 is 2.91 bits per heavy atom. The molecule has 2 nitrogen and oxygen atoms in total. The molecule has 2 rings (SSSR count). The van der Waals surface area contributed by atoms with Crippen molar-refractivity contribution >= 4 is 10.9 Å². The number of hydrogen-bond donors (Lipinski definition) is 1. The van der Waals surface area contributed by atoms with E-state index in [0.29, 0.717) is 0 Å². The third-order valence-corrected chi connectivity index (χ3v) is 1.36. The summed E-state index contributed by atoms with van der Waals surface area (Å²) in [4.78, 5) is 7.01. The fraction of sp³-hybridized carbons (Fsp3) is 0.222. The second kappa shape index (κ2) is 3.76. The van der Waals surface area contributed by atoms with Crippen LogP contribution in [0.25, 0.3) is 10.9 Å². The fourth-order valence-electron chi connectivity index (χ4n) is 0.892. The smallest absolute Gasteiger partial charge is 0.0640 e. The van der Waals surface area contributed by atoms with Gasteiger partial charge in [-0.05, 0) is 12.1 Å². The maximum atomic E-state index is 3.95. The Morgan fingerprint density at radius 2 is 2.18 bits per heavy atom. The Morgan fingerprint density at radius 1 is 1.36 bits per heavy atom. The summed E-state index contributed by atoms with van der Waals surface area (Å²) < 4.78 is 0. The molecule has 11 heavy (non-hydrogen) atoms. The zero-order valence-corrected chi connectivity index (χ0v) is 6.83. The van der Waals surface area contributed by atoms with E-state index in [1.54, 1.807) is 6.20 Å². The molecule has 0 aliphatic carbocycles. The van der Waals surface area contributed by atoms with Crippen molar-refractivity contribution in [3.63, 3.8) is 0 Å². The third kappa shape index (κ3) is 1.58. The summed E-state index contributed by atoms with van der Waals surface area (Å²) in [6.45, 7) is 4.00. The molecular formula is C9H14N2. The van der Waals surface area contributed by atoms with Gasteiger partial charge in [0.05, 0.1) is 11.7 Å². The van der Waals surface area contributed by atoms with Crippen molar-refractivity contribution < 1.29 is 1.43 Å². The van der Waals surface area contributed by atoms with Gasteiger partial charge in [0.2, 0.25) is 0 Å². The van der Waals surface area contributed by atoms with Crippen molar-refractivity contribution in [3.8, 4) is 0 Å². The van der Waals surface area contributed by atoms with E-state index in [1.807, 2.05) is 38.4 Å². The number of H-pyrrole nitrogens is 1. The number of hydrogen-bond acceptors (Lipinski definition) is 1. The van der Waals surface area contributed by atoms with E-state index < -0.39 is 0 Å². The van der Waals surface area contributed by atoms with Crippen molar-refractivity contribution in [3.05, 3.63) is 30.7 Å². The van der Waals surface area contributed by atoms with Gasteiger partial charge in [0, 0.05) is 19.2 Å². The van der Waals surface area contributed by atoms with E-state index >= 15 is 0 Å². The first-order chi connectivity index (χ1) is 5.47. The second-order valence-electron chi connectivity index (χ2n) is 1.94. The second-order valence-corrected chi connectivity index (χ2v) is 1.94. The highest BCUT2D eigenvalue weighted by atomic mass is 14.7. The number of pyridine rings is 1. The minimum Gasteiger partial charge on any atom is -0.360 e. The molecule has 2 heterocycles. The lowest BCUT2D eigenvalue weighted by Gasteiger charge is -1.82. The van der Waals surface area contributed by atoms with E-state index in [1.165, 1.54) is 5.39 Å². The monoisotopic (exact) mass is 150 g/mol. The molecule has 0 aliphatic heterocycles. The summed E-state index contributed by atoms with van der Waals surface area (Å²) in [5, 5.41) is 1.21. The Balaban J connectivity index is 0.000000378. The highest BCUT2D eigenvalue weighted by Crippen LogP contribution is 2.07. The van der Waals surface area contributed by atoms with Crippen LogP contribution < -0.4 is 0 Å². The first-order valence-electron chi connectivity index (χ1n) is 3.84. The first-order valence-corrected chi connectivity index (χ1v) is 3.84. The summed E-state index contributed by atoms with van der Waals surface area (Å²) in [6, 6.07) is 4.00. The van der Waals surface area contributed by atoms with E-state index in [-0.39, 0.29) is 1.43 Å². The van der Waals surface area contributed by atoms with Gasteiger partial charge in [-0.2, -0.15) is 0 Å². The van der Waals surface area contributed by atoms with Gasteiger partial charge < -0.3 is 4.98 Å². The minimum atomic E-state index is 0. The van der Waals surface area contributed by atoms with Crippen LogP contribution >= 0.6 is 0 Å². The molecule has 0 fully saturated rings. The Hall–Kier alpha value is -1.31. The Labute approximate surface area is 67.8 Å². The van der Waals surface area contributed by atoms with Crippen molar-refractivity contribution in [1.29, 1.82) is 0 Å². The van der Waals surface area contributed by atoms with Crippen LogP contribution in [0.2, 0.25) is 0 Å². The summed E-state index contributed by atoms with van der Waals surface area (Å²) in [5.74, 6) is 0. The molecule has 2 aromatic rings. The van der Waals surface area contributed by atoms with Crippen LogP contribution in [0, 0.1) is 0 Å². The average Bonchev–Trinajstić information content (AvgIpc) is 2.55. The van der Waals surface area contributed by atoms with Crippen LogP contribution in [-0.2, 0) is 0 Å². The zero-order chi connectivity index (χ0) is 8.10. The first kappa shape index (κ1) is 7.79.